The number of hydrogen-bond acceptors (Lipinski definition) is 3. The number of halogens is 1. The van der Waals surface area contributed by atoms with Crippen LogP contribution in [0.5, 0.6) is 0 Å². The van der Waals surface area contributed by atoms with E-state index in [2.05, 4.69) is 4.98 Å². The summed E-state index contributed by atoms with van der Waals surface area (Å²) in [6.45, 7) is 3.42. The molecule has 21 heavy (non-hydrogen) atoms. The first kappa shape index (κ1) is 17.5. The molecule has 0 radical (unpaired) electrons. The standard InChI is InChI=1S/C16H17NO2S.ClH/c1-16(2,15(18)19)20-14-7-5-12(6-8-14)10-13-4-3-9-17-11-13;/h3-9,11H,10H2,1-2H3,(H,18,19);1H. The van der Waals surface area contributed by atoms with Crippen LogP contribution in [0.2, 0.25) is 0 Å². The summed E-state index contributed by atoms with van der Waals surface area (Å²) in [6, 6.07) is 12.0. The third-order valence-corrected chi connectivity index (χ3v) is 4.14. The lowest BCUT2D eigenvalue weighted by molar-refractivity contribution is -0.138. The molecule has 0 saturated carbocycles. The van der Waals surface area contributed by atoms with Crippen molar-refractivity contribution in [1.82, 2.24) is 4.98 Å². The molecule has 1 N–H and O–H groups in total. The number of aliphatic carboxylic acids is 1. The number of hydrogen-bond donors (Lipinski definition) is 1. The van der Waals surface area contributed by atoms with E-state index in [1.807, 2.05) is 42.6 Å². The van der Waals surface area contributed by atoms with Crippen LogP contribution in [0.3, 0.4) is 0 Å². The Morgan fingerprint density at radius 1 is 1.19 bits per heavy atom. The van der Waals surface area contributed by atoms with Gasteiger partial charge in [0.05, 0.1) is 0 Å². The zero-order chi connectivity index (χ0) is 14.6. The van der Waals surface area contributed by atoms with Gasteiger partial charge in [0.2, 0.25) is 0 Å². The third kappa shape index (κ3) is 5.06. The largest absolute Gasteiger partial charge is 0.480 e. The van der Waals surface area contributed by atoms with Gasteiger partial charge in [0.15, 0.2) is 0 Å². The molecule has 0 aliphatic heterocycles. The van der Waals surface area contributed by atoms with Crippen LogP contribution < -0.4 is 0 Å². The maximum absolute atomic E-state index is 11.1. The lowest BCUT2D eigenvalue weighted by Crippen LogP contribution is -2.26. The predicted octanol–water partition coefficient (Wildman–Crippen LogP) is 4.05. The quantitative estimate of drug-likeness (QED) is 0.843. The Bertz CT molecular complexity index is 585. The Kier molecular flexibility index (Phi) is 6.24. The van der Waals surface area contributed by atoms with E-state index < -0.39 is 10.7 Å². The zero-order valence-electron chi connectivity index (χ0n) is 11.9. The highest BCUT2D eigenvalue weighted by molar-refractivity contribution is 8.01. The van der Waals surface area contributed by atoms with Crippen molar-refractivity contribution in [2.24, 2.45) is 0 Å². The van der Waals surface area contributed by atoms with Crippen molar-refractivity contribution in [3.8, 4) is 0 Å². The minimum Gasteiger partial charge on any atom is -0.480 e. The number of rotatable bonds is 5. The Morgan fingerprint density at radius 3 is 2.38 bits per heavy atom. The first-order chi connectivity index (χ1) is 9.47. The Balaban J connectivity index is 0.00000220. The summed E-state index contributed by atoms with van der Waals surface area (Å²) in [6.07, 6.45) is 4.45. The molecule has 0 fully saturated rings. The number of carbonyl (C=O) groups is 1. The van der Waals surface area contributed by atoms with Gasteiger partial charge in [0, 0.05) is 17.3 Å². The Labute approximate surface area is 135 Å². The maximum Gasteiger partial charge on any atom is 0.319 e. The van der Waals surface area contributed by atoms with E-state index in [-0.39, 0.29) is 12.4 Å². The van der Waals surface area contributed by atoms with Crippen molar-refractivity contribution in [3.63, 3.8) is 0 Å². The molecule has 2 rings (SSSR count). The molecular weight excluding hydrogens is 306 g/mol. The molecule has 5 heteroatoms. The summed E-state index contributed by atoms with van der Waals surface area (Å²) in [5.41, 5.74) is 2.36. The van der Waals surface area contributed by atoms with Crippen LogP contribution in [0, 0.1) is 0 Å². The molecule has 1 heterocycles. The molecule has 1 aromatic heterocycles. The molecule has 0 unspecified atom stereocenters. The van der Waals surface area contributed by atoms with Gasteiger partial charge in [-0.05, 0) is 49.6 Å². The van der Waals surface area contributed by atoms with Crippen LogP contribution in [0.4, 0.5) is 0 Å². The molecule has 3 nitrogen and oxygen atoms in total. The number of nitrogens with zero attached hydrogens (tertiary/aromatic N) is 1. The second-order valence-corrected chi connectivity index (χ2v) is 6.80. The van der Waals surface area contributed by atoms with E-state index >= 15 is 0 Å². The number of benzene rings is 1. The van der Waals surface area contributed by atoms with Gasteiger partial charge in [-0.15, -0.1) is 24.2 Å². The average Bonchev–Trinajstić information content (AvgIpc) is 2.42. The van der Waals surface area contributed by atoms with E-state index in [0.717, 1.165) is 11.3 Å². The van der Waals surface area contributed by atoms with Crippen LogP contribution in [-0.2, 0) is 11.2 Å². The lowest BCUT2D eigenvalue weighted by atomic mass is 10.1. The average molecular weight is 324 g/mol. The van der Waals surface area contributed by atoms with Gasteiger partial charge in [-0.2, -0.15) is 0 Å². The van der Waals surface area contributed by atoms with Gasteiger partial charge in [-0.1, -0.05) is 18.2 Å². The van der Waals surface area contributed by atoms with Crippen molar-refractivity contribution < 1.29 is 9.90 Å². The molecule has 0 saturated heterocycles. The maximum atomic E-state index is 11.1. The topological polar surface area (TPSA) is 50.2 Å². The first-order valence-corrected chi connectivity index (χ1v) is 7.19. The summed E-state index contributed by atoms with van der Waals surface area (Å²) < 4.78 is -0.815. The molecule has 112 valence electrons. The van der Waals surface area contributed by atoms with E-state index in [9.17, 15) is 4.79 Å². The fraction of sp³-hybridized carbons (Fsp3) is 0.250. The number of aromatic nitrogens is 1. The third-order valence-electron chi connectivity index (χ3n) is 2.94. The van der Waals surface area contributed by atoms with E-state index in [1.165, 1.54) is 22.9 Å². The van der Waals surface area contributed by atoms with Crippen molar-refractivity contribution in [1.29, 1.82) is 0 Å². The van der Waals surface area contributed by atoms with E-state index in [0.29, 0.717) is 0 Å². The molecule has 0 spiro atoms. The monoisotopic (exact) mass is 323 g/mol. The summed E-state index contributed by atoms with van der Waals surface area (Å²) in [7, 11) is 0. The van der Waals surface area contributed by atoms with Gasteiger partial charge in [0.25, 0.3) is 0 Å². The van der Waals surface area contributed by atoms with Crippen molar-refractivity contribution in [2.45, 2.75) is 29.9 Å². The van der Waals surface area contributed by atoms with Gasteiger partial charge in [0.1, 0.15) is 4.75 Å². The molecule has 0 aliphatic rings. The number of pyridine rings is 1. The van der Waals surface area contributed by atoms with E-state index in [1.54, 1.807) is 20.0 Å². The van der Waals surface area contributed by atoms with Crippen LogP contribution in [0.1, 0.15) is 25.0 Å². The molecule has 0 amide bonds. The van der Waals surface area contributed by atoms with Crippen molar-refractivity contribution in [3.05, 3.63) is 59.9 Å². The first-order valence-electron chi connectivity index (χ1n) is 6.37. The van der Waals surface area contributed by atoms with E-state index in [4.69, 9.17) is 5.11 Å². The summed E-state index contributed by atoms with van der Waals surface area (Å²) >= 11 is 1.36. The predicted molar refractivity (Wildman–Crippen MR) is 88.3 cm³/mol. The van der Waals surface area contributed by atoms with Crippen LogP contribution in [0.25, 0.3) is 0 Å². The molecular formula is C16H18ClNO2S. The fourth-order valence-electron chi connectivity index (χ4n) is 1.75. The second kappa shape index (κ2) is 7.48. The minimum absolute atomic E-state index is 0. The SMILES string of the molecule is CC(C)(Sc1ccc(Cc2cccnc2)cc1)C(=O)O.Cl. The lowest BCUT2D eigenvalue weighted by Gasteiger charge is -2.18. The van der Waals surface area contributed by atoms with Crippen LogP contribution in [0.15, 0.2) is 53.7 Å². The van der Waals surface area contributed by atoms with Crippen molar-refractivity contribution in [2.75, 3.05) is 0 Å². The smallest absolute Gasteiger partial charge is 0.319 e. The van der Waals surface area contributed by atoms with Crippen LogP contribution in [-0.4, -0.2) is 20.8 Å². The molecule has 1 aromatic carbocycles. The minimum atomic E-state index is -0.815. The number of carboxylic acids is 1. The number of carboxylic acid groups (broad SMARTS) is 1. The second-order valence-electron chi connectivity index (χ2n) is 5.10. The van der Waals surface area contributed by atoms with Gasteiger partial charge < -0.3 is 5.11 Å². The van der Waals surface area contributed by atoms with Gasteiger partial charge in [-0.25, -0.2) is 0 Å². The summed E-state index contributed by atoms with van der Waals surface area (Å²) in [4.78, 5) is 16.2. The molecule has 0 atom stereocenters. The fourth-order valence-corrected chi connectivity index (χ4v) is 2.70. The Hall–Kier alpha value is -1.52. The summed E-state index contributed by atoms with van der Waals surface area (Å²) in [5, 5.41) is 9.12. The summed E-state index contributed by atoms with van der Waals surface area (Å²) in [5.74, 6) is -0.804. The normalized spacial score (nSPS) is 10.8. The number of thioether (sulfide) groups is 1. The highest BCUT2D eigenvalue weighted by Gasteiger charge is 2.28. The highest BCUT2D eigenvalue weighted by atomic mass is 35.5. The highest BCUT2D eigenvalue weighted by Crippen LogP contribution is 2.32. The molecule has 0 aliphatic carbocycles. The molecule has 0 bridgehead atoms. The van der Waals surface area contributed by atoms with Crippen molar-refractivity contribution >= 4 is 30.1 Å². The zero-order valence-corrected chi connectivity index (χ0v) is 13.6. The van der Waals surface area contributed by atoms with Crippen LogP contribution >= 0.6 is 24.2 Å². The van der Waals surface area contributed by atoms with Gasteiger partial charge in [-0.3, -0.25) is 9.78 Å². The van der Waals surface area contributed by atoms with Gasteiger partial charge >= 0.3 is 5.97 Å². The Morgan fingerprint density at radius 2 is 1.86 bits per heavy atom. The molecule has 2 aromatic rings.